The number of allylic oxidation sites excluding steroid dienone is 3. The standard InChI is InChI=1S/C20H34O3/c1-15(2)18-9-8-17(14-21)7-5-6-16(3)12-19(22)13-20(4,23)11-10-18/h7,10-12,15,18-19,21-23H,5-6,8-9,13-14H2,1-4H3/b11-10+,16-12+,17-7-/t18-,19+,20+/m1/s1. The maximum atomic E-state index is 10.5. The van der Waals surface area contributed by atoms with Gasteiger partial charge in [-0.05, 0) is 56.9 Å². The van der Waals surface area contributed by atoms with Gasteiger partial charge >= 0.3 is 0 Å². The Morgan fingerprint density at radius 2 is 2.00 bits per heavy atom. The fourth-order valence-corrected chi connectivity index (χ4v) is 3.05. The van der Waals surface area contributed by atoms with Crippen LogP contribution in [0.2, 0.25) is 0 Å². The lowest BCUT2D eigenvalue weighted by molar-refractivity contribution is 0.0565. The maximum Gasteiger partial charge on any atom is 0.0827 e. The van der Waals surface area contributed by atoms with E-state index in [0.29, 0.717) is 18.3 Å². The van der Waals surface area contributed by atoms with Crippen LogP contribution in [0, 0.1) is 11.8 Å². The summed E-state index contributed by atoms with van der Waals surface area (Å²) in [6, 6.07) is 0. The number of aliphatic hydroxyl groups excluding tert-OH is 2. The van der Waals surface area contributed by atoms with E-state index < -0.39 is 11.7 Å². The van der Waals surface area contributed by atoms with Crippen molar-refractivity contribution in [3.05, 3.63) is 35.5 Å². The molecule has 0 bridgehead atoms. The third-order valence-corrected chi connectivity index (χ3v) is 4.63. The predicted molar refractivity (Wildman–Crippen MR) is 96.1 cm³/mol. The molecular formula is C20H34O3. The fourth-order valence-electron chi connectivity index (χ4n) is 3.05. The van der Waals surface area contributed by atoms with Gasteiger partial charge in [0.1, 0.15) is 0 Å². The van der Waals surface area contributed by atoms with Gasteiger partial charge in [-0.3, -0.25) is 0 Å². The monoisotopic (exact) mass is 322 g/mol. The van der Waals surface area contributed by atoms with Gasteiger partial charge < -0.3 is 15.3 Å². The number of aliphatic hydroxyl groups is 3. The average molecular weight is 322 g/mol. The van der Waals surface area contributed by atoms with Gasteiger partial charge in [0.2, 0.25) is 0 Å². The molecule has 0 spiro atoms. The van der Waals surface area contributed by atoms with Crippen LogP contribution in [-0.2, 0) is 0 Å². The molecule has 0 amide bonds. The van der Waals surface area contributed by atoms with Gasteiger partial charge in [0.05, 0.1) is 18.3 Å². The van der Waals surface area contributed by atoms with E-state index in [9.17, 15) is 15.3 Å². The summed E-state index contributed by atoms with van der Waals surface area (Å²) in [7, 11) is 0. The van der Waals surface area contributed by atoms with E-state index in [-0.39, 0.29) is 6.61 Å². The van der Waals surface area contributed by atoms with Gasteiger partial charge in [0.25, 0.3) is 0 Å². The second-order valence-corrected chi connectivity index (χ2v) is 7.51. The van der Waals surface area contributed by atoms with Gasteiger partial charge in [-0.15, -0.1) is 0 Å². The second-order valence-electron chi connectivity index (χ2n) is 7.51. The summed E-state index contributed by atoms with van der Waals surface area (Å²) in [6.07, 6.45) is 11.1. The van der Waals surface area contributed by atoms with E-state index in [0.717, 1.165) is 36.8 Å². The minimum absolute atomic E-state index is 0.109. The Morgan fingerprint density at radius 3 is 2.61 bits per heavy atom. The molecule has 3 nitrogen and oxygen atoms in total. The summed E-state index contributed by atoms with van der Waals surface area (Å²) >= 11 is 0. The van der Waals surface area contributed by atoms with E-state index in [1.807, 2.05) is 19.1 Å². The first kappa shape index (κ1) is 20.1. The molecule has 0 saturated carbocycles. The molecule has 0 aliphatic heterocycles. The zero-order chi connectivity index (χ0) is 17.5. The summed E-state index contributed by atoms with van der Waals surface area (Å²) in [5.74, 6) is 0.829. The summed E-state index contributed by atoms with van der Waals surface area (Å²) in [6.45, 7) is 8.21. The Kier molecular flexibility index (Phi) is 8.24. The first-order valence-corrected chi connectivity index (χ1v) is 8.79. The molecule has 3 heteroatoms. The molecule has 0 saturated heterocycles. The number of rotatable bonds is 2. The Morgan fingerprint density at radius 1 is 1.30 bits per heavy atom. The Bertz CT molecular complexity index is 444. The maximum absolute atomic E-state index is 10.5. The molecule has 0 radical (unpaired) electrons. The van der Waals surface area contributed by atoms with Crippen molar-refractivity contribution < 1.29 is 15.3 Å². The summed E-state index contributed by atoms with van der Waals surface area (Å²) in [5.41, 5.74) is 1.19. The first-order chi connectivity index (χ1) is 10.7. The zero-order valence-electron chi connectivity index (χ0n) is 15.1. The highest BCUT2D eigenvalue weighted by Crippen LogP contribution is 2.25. The van der Waals surface area contributed by atoms with Crippen LogP contribution in [0.4, 0.5) is 0 Å². The van der Waals surface area contributed by atoms with Crippen molar-refractivity contribution in [2.45, 2.75) is 71.5 Å². The zero-order valence-corrected chi connectivity index (χ0v) is 15.1. The molecule has 3 atom stereocenters. The molecule has 0 heterocycles. The van der Waals surface area contributed by atoms with E-state index in [2.05, 4.69) is 26.0 Å². The highest BCUT2D eigenvalue weighted by Gasteiger charge is 2.22. The molecule has 1 aliphatic carbocycles. The molecule has 0 aromatic rings. The fraction of sp³-hybridized carbons (Fsp3) is 0.700. The molecule has 132 valence electrons. The smallest absolute Gasteiger partial charge is 0.0827 e. The molecule has 1 rings (SSSR count). The van der Waals surface area contributed by atoms with E-state index in [4.69, 9.17) is 0 Å². The third-order valence-electron chi connectivity index (χ3n) is 4.63. The molecule has 0 aromatic carbocycles. The topological polar surface area (TPSA) is 60.7 Å². The van der Waals surface area contributed by atoms with Gasteiger partial charge in [-0.25, -0.2) is 0 Å². The van der Waals surface area contributed by atoms with Crippen LogP contribution < -0.4 is 0 Å². The lowest BCUT2D eigenvalue weighted by Crippen LogP contribution is -2.27. The van der Waals surface area contributed by atoms with E-state index in [1.54, 1.807) is 6.92 Å². The lowest BCUT2D eigenvalue weighted by Gasteiger charge is -2.24. The Hall–Kier alpha value is -0.900. The first-order valence-electron chi connectivity index (χ1n) is 8.79. The highest BCUT2D eigenvalue weighted by atomic mass is 16.3. The van der Waals surface area contributed by atoms with Gasteiger partial charge in [0.15, 0.2) is 0 Å². The van der Waals surface area contributed by atoms with Crippen LogP contribution in [0.5, 0.6) is 0 Å². The van der Waals surface area contributed by atoms with Crippen LogP contribution in [0.25, 0.3) is 0 Å². The molecule has 23 heavy (non-hydrogen) atoms. The van der Waals surface area contributed by atoms with Crippen LogP contribution in [-0.4, -0.2) is 33.6 Å². The minimum atomic E-state index is -1.01. The van der Waals surface area contributed by atoms with Crippen molar-refractivity contribution in [3.8, 4) is 0 Å². The normalized spacial score (nSPS) is 37.4. The predicted octanol–water partition coefficient (Wildman–Crippen LogP) is 3.76. The Labute approximate surface area is 141 Å². The summed E-state index contributed by atoms with van der Waals surface area (Å²) in [5, 5.41) is 30.2. The van der Waals surface area contributed by atoms with Gasteiger partial charge in [0, 0.05) is 6.42 Å². The van der Waals surface area contributed by atoms with Gasteiger partial charge in [-0.2, -0.15) is 0 Å². The van der Waals surface area contributed by atoms with Crippen molar-refractivity contribution in [2.75, 3.05) is 6.61 Å². The van der Waals surface area contributed by atoms with Crippen molar-refractivity contribution in [3.63, 3.8) is 0 Å². The van der Waals surface area contributed by atoms with Crippen LogP contribution in [0.1, 0.15) is 59.8 Å². The average Bonchev–Trinajstić information content (AvgIpc) is 2.42. The summed E-state index contributed by atoms with van der Waals surface area (Å²) in [4.78, 5) is 0. The summed E-state index contributed by atoms with van der Waals surface area (Å²) < 4.78 is 0. The third kappa shape index (κ3) is 7.96. The molecular weight excluding hydrogens is 288 g/mol. The minimum Gasteiger partial charge on any atom is -0.392 e. The van der Waals surface area contributed by atoms with Crippen LogP contribution in [0.3, 0.4) is 0 Å². The van der Waals surface area contributed by atoms with Crippen molar-refractivity contribution in [1.29, 1.82) is 0 Å². The second kappa shape index (κ2) is 9.41. The number of hydrogen-bond acceptors (Lipinski definition) is 3. The van der Waals surface area contributed by atoms with E-state index in [1.165, 1.54) is 0 Å². The van der Waals surface area contributed by atoms with Crippen molar-refractivity contribution >= 4 is 0 Å². The van der Waals surface area contributed by atoms with E-state index >= 15 is 0 Å². The molecule has 0 fully saturated rings. The van der Waals surface area contributed by atoms with Crippen LogP contribution in [0.15, 0.2) is 35.5 Å². The van der Waals surface area contributed by atoms with Gasteiger partial charge in [-0.1, -0.05) is 43.7 Å². The molecule has 0 aromatic heterocycles. The van der Waals surface area contributed by atoms with Crippen LogP contribution >= 0.6 is 0 Å². The number of hydrogen-bond donors (Lipinski definition) is 3. The van der Waals surface area contributed by atoms with Crippen molar-refractivity contribution in [1.82, 2.24) is 0 Å². The quantitative estimate of drug-likeness (QED) is 0.678. The largest absolute Gasteiger partial charge is 0.392 e. The highest BCUT2D eigenvalue weighted by molar-refractivity contribution is 5.11. The molecule has 1 aliphatic rings. The van der Waals surface area contributed by atoms with Crippen molar-refractivity contribution in [2.24, 2.45) is 11.8 Å². The Balaban J connectivity index is 3.01. The molecule has 0 unspecified atom stereocenters. The lowest BCUT2D eigenvalue weighted by atomic mass is 9.86. The molecule has 3 N–H and O–H groups in total. The SMILES string of the molecule is C/C1=C\[C@H](O)C[C@@](C)(O)/C=C/[C@H](C(C)C)CC/C(CO)=C/CC1.